The SMILES string of the molecule is CCCCC1CC(CN(C(=O)C2CC2)c2ccccc2CC)CCC1(F)F. The number of anilines is 1. The quantitative estimate of drug-likeness (QED) is 0.525. The monoisotopic (exact) mass is 377 g/mol. The van der Waals surface area contributed by atoms with Crippen molar-refractivity contribution in [2.75, 3.05) is 11.4 Å². The van der Waals surface area contributed by atoms with Crippen molar-refractivity contribution in [1.82, 2.24) is 0 Å². The number of carbonyl (C=O) groups is 1. The first kappa shape index (κ1) is 20.3. The van der Waals surface area contributed by atoms with Gasteiger partial charge in [0.05, 0.1) is 0 Å². The van der Waals surface area contributed by atoms with Gasteiger partial charge in [0, 0.05) is 30.5 Å². The van der Waals surface area contributed by atoms with Crippen LogP contribution in [0.4, 0.5) is 14.5 Å². The molecule has 0 spiro atoms. The van der Waals surface area contributed by atoms with Crippen LogP contribution in [0.5, 0.6) is 0 Å². The van der Waals surface area contributed by atoms with E-state index in [2.05, 4.69) is 19.9 Å². The van der Waals surface area contributed by atoms with Gasteiger partial charge in [0.2, 0.25) is 5.91 Å². The lowest BCUT2D eigenvalue weighted by atomic mass is 9.76. The summed E-state index contributed by atoms with van der Waals surface area (Å²) >= 11 is 0. The highest BCUT2D eigenvalue weighted by atomic mass is 19.3. The van der Waals surface area contributed by atoms with Gasteiger partial charge in [-0.2, -0.15) is 0 Å². The first-order chi connectivity index (χ1) is 13.0. The molecule has 0 heterocycles. The standard InChI is InChI=1S/C23H33F2NO/c1-3-5-9-20-15-17(13-14-23(20,24)25)16-26(22(27)19-11-12-19)21-10-7-6-8-18(21)4-2/h6-8,10,17,19-20H,3-5,9,11-16H2,1-2H3. The summed E-state index contributed by atoms with van der Waals surface area (Å²) in [6.07, 6.45) is 6.22. The van der Waals surface area contributed by atoms with E-state index >= 15 is 0 Å². The first-order valence-electron chi connectivity index (χ1n) is 10.7. The maximum atomic E-state index is 14.4. The second-order valence-corrected chi connectivity index (χ2v) is 8.45. The fourth-order valence-electron chi connectivity index (χ4n) is 4.43. The van der Waals surface area contributed by atoms with Crippen LogP contribution in [-0.2, 0) is 11.2 Å². The molecular weight excluding hydrogens is 344 g/mol. The molecule has 0 N–H and O–H groups in total. The lowest BCUT2D eigenvalue weighted by Gasteiger charge is -2.38. The molecule has 2 saturated carbocycles. The van der Waals surface area contributed by atoms with E-state index in [1.807, 2.05) is 23.1 Å². The summed E-state index contributed by atoms with van der Waals surface area (Å²) < 4.78 is 28.7. The number of hydrogen-bond donors (Lipinski definition) is 0. The normalized spacial score (nSPS) is 24.6. The Bertz CT molecular complexity index is 641. The Morgan fingerprint density at radius 2 is 1.93 bits per heavy atom. The topological polar surface area (TPSA) is 20.3 Å². The third-order valence-corrected chi connectivity index (χ3v) is 6.30. The molecule has 0 radical (unpaired) electrons. The van der Waals surface area contributed by atoms with Crippen LogP contribution in [0.1, 0.15) is 70.8 Å². The number of unbranched alkanes of at least 4 members (excludes halogenated alkanes) is 1. The van der Waals surface area contributed by atoms with Crippen LogP contribution >= 0.6 is 0 Å². The molecule has 2 fully saturated rings. The lowest BCUT2D eigenvalue weighted by Crippen LogP contribution is -2.42. The molecule has 0 aromatic heterocycles. The molecule has 1 aromatic carbocycles. The van der Waals surface area contributed by atoms with E-state index in [1.165, 1.54) is 0 Å². The van der Waals surface area contributed by atoms with Gasteiger partial charge in [-0.25, -0.2) is 8.78 Å². The molecular formula is C23H33F2NO. The number of halogens is 2. The van der Waals surface area contributed by atoms with Crippen LogP contribution in [0.25, 0.3) is 0 Å². The first-order valence-corrected chi connectivity index (χ1v) is 10.7. The van der Waals surface area contributed by atoms with Gasteiger partial charge >= 0.3 is 0 Å². The number of aryl methyl sites for hydroxylation is 1. The zero-order valence-electron chi connectivity index (χ0n) is 16.7. The zero-order valence-corrected chi connectivity index (χ0v) is 16.7. The van der Waals surface area contributed by atoms with Crippen molar-refractivity contribution in [2.24, 2.45) is 17.8 Å². The third kappa shape index (κ3) is 4.89. The van der Waals surface area contributed by atoms with E-state index in [0.29, 0.717) is 25.8 Å². The van der Waals surface area contributed by atoms with Gasteiger partial charge in [-0.1, -0.05) is 44.9 Å². The van der Waals surface area contributed by atoms with Crippen LogP contribution in [0.3, 0.4) is 0 Å². The van der Waals surface area contributed by atoms with Gasteiger partial charge in [0.25, 0.3) is 5.92 Å². The van der Waals surface area contributed by atoms with Crippen LogP contribution < -0.4 is 4.90 Å². The van der Waals surface area contributed by atoms with E-state index in [1.54, 1.807) is 0 Å². The van der Waals surface area contributed by atoms with E-state index in [4.69, 9.17) is 0 Å². The Labute approximate surface area is 162 Å². The Hall–Kier alpha value is -1.45. The van der Waals surface area contributed by atoms with Crippen LogP contribution in [0.15, 0.2) is 24.3 Å². The maximum absolute atomic E-state index is 14.4. The second kappa shape index (κ2) is 8.70. The fraction of sp³-hybridized carbons (Fsp3) is 0.696. The average molecular weight is 378 g/mol. The smallest absolute Gasteiger partial charge is 0.250 e. The molecule has 2 aliphatic carbocycles. The van der Waals surface area contributed by atoms with E-state index < -0.39 is 11.8 Å². The fourth-order valence-corrected chi connectivity index (χ4v) is 4.43. The van der Waals surface area contributed by atoms with Crippen molar-refractivity contribution < 1.29 is 13.6 Å². The van der Waals surface area contributed by atoms with Gasteiger partial charge in [0.15, 0.2) is 0 Å². The summed E-state index contributed by atoms with van der Waals surface area (Å²) in [5.74, 6) is -2.58. The average Bonchev–Trinajstić information content (AvgIpc) is 3.51. The number of para-hydroxylation sites is 1. The van der Waals surface area contributed by atoms with Gasteiger partial charge < -0.3 is 4.90 Å². The predicted molar refractivity (Wildman–Crippen MR) is 106 cm³/mol. The molecule has 1 aromatic rings. The van der Waals surface area contributed by atoms with E-state index in [0.717, 1.165) is 43.4 Å². The van der Waals surface area contributed by atoms with Gasteiger partial charge in [-0.15, -0.1) is 0 Å². The number of hydrogen-bond acceptors (Lipinski definition) is 1. The molecule has 27 heavy (non-hydrogen) atoms. The largest absolute Gasteiger partial charge is 0.312 e. The van der Waals surface area contributed by atoms with E-state index in [-0.39, 0.29) is 24.2 Å². The van der Waals surface area contributed by atoms with Crippen LogP contribution in [0, 0.1) is 17.8 Å². The highest BCUT2D eigenvalue weighted by Crippen LogP contribution is 2.44. The lowest BCUT2D eigenvalue weighted by molar-refractivity contribution is -0.120. The van der Waals surface area contributed by atoms with Crippen molar-refractivity contribution in [3.05, 3.63) is 29.8 Å². The number of nitrogens with zero attached hydrogens (tertiary/aromatic N) is 1. The van der Waals surface area contributed by atoms with Gasteiger partial charge in [-0.3, -0.25) is 4.79 Å². The highest BCUT2D eigenvalue weighted by Gasteiger charge is 2.45. The summed E-state index contributed by atoms with van der Waals surface area (Å²) in [5.41, 5.74) is 2.15. The van der Waals surface area contributed by atoms with E-state index in [9.17, 15) is 13.6 Å². The third-order valence-electron chi connectivity index (χ3n) is 6.30. The number of benzene rings is 1. The number of carbonyl (C=O) groups excluding carboxylic acids is 1. The van der Waals surface area contributed by atoms with Crippen LogP contribution in [0.2, 0.25) is 0 Å². The van der Waals surface area contributed by atoms with Crippen molar-refractivity contribution in [3.63, 3.8) is 0 Å². The molecule has 2 aliphatic rings. The molecule has 3 rings (SSSR count). The minimum absolute atomic E-state index is 0.0348. The minimum atomic E-state index is -2.54. The molecule has 2 unspecified atom stereocenters. The molecule has 0 saturated heterocycles. The number of amides is 1. The molecule has 1 amide bonds. The minimum Gasteiger partial charge on any atom is -0.312 e. The van der Waals surface area contributed by atoms with Crippen molar-refractivity contribution in [3.8, 4) is 0 Å². The summed E-state index contributed by atoms with van der Waals surface area (Å²) in [5, 5.41) is 0. The highest BCUT2D eigenvalue weighted by molar-refractivity contribution is 5.97. The van der Waals surface area contributed by atoms with Crippen molar-refractivity contribution in [1.29, 1.82) is 0 Å². The molecule has 150 valence electrons. The van der Waals surface area contributed by atoms with Crippen molar-refractivity contribution in [2.45, 2.75) is 77.6 Å². The van der Waals surface area contributed by atoms with Gasteiger partial charge in [0.1, 0.15) is 0 Å². The predicted octanol–water partition coefficient (Wildman–Crippen LogP) is 6.23. The molecule has 0 aliphatic heterocycles. The summed E-state index contributed by atoms with van der Waals surface area (Å²) in [6, 6.07) is 8.07. The van der Waals surface area contributed by atoms with Gasteiger partial charge in [-0.05, 0) is 56.1 Å². The second-order valence-electron chi connectivity index (χ2n) is 8.45. The molecule has 2 atom stereocenters. The summed E-state index contributed by atoms with van der Waals surface area (Å²) in [7, 11) is 0. The maximum Gasteiger partial charge on any atom is 0.250 e. The van der Waals surface area contributed by atoms with Crippen molar-refractivity contribution >= 4 is 11.6 Å². The Morgan fingerprint density at radius 3 is 2.59 bits per heavy atom. The van der Waals surface area contributed by atoms with Crippen LogP contribution in [-0.4, -0.2) is 18.4 Å². The molecule has 0 bridgehead atoms. The molecule has 4 heteroatoms. The Morgan fingerprint density at radius 1 is 1.19 bits per heavy atom. The number of rotatable bonds is 8. The number of alkyl halides is 2. The zero-order chi connectivity index (χ0) is 19.4. The summed E-state index contributed by atoms with van der Waals surface area (Å²) in [6.45, 7) is 4.74. The Balaban J connectivity index is 1.77. The molecule has 2 nitrogen and oxygen atoms in total. The Kier molecular flexibility index (Phi) is 6.54. The summed E-state index contributed by atoms with van der Waals surface area (Å²) in [4.78, 5) is 14.9.